The summed E-state index contributed by atoms with van der Waals surface area (Å²) in [5.41, 5.74) is 1.42. The highest BCUT2D eigenvalue weighted by atomic mass is 35.5. The van der Waals surface area contributed by atoms with Crippen LogP contribution >= 0.6 is 11.6 Å². The summed E-state index contributed by atoms with van der Waals surface area (Å²) in [5.74, 6) is -0.587. The monoisotopic (exact) mass is 425 g/mol. The summed E-state index contributed by atoms with van der Waals surface area (Å²) in [4.78, 5) is 12.6. The van der Waals surface area contributed by atoms with E-state index in [-0.39, 0.29) is 31.6 Å². The van der Waals surface area contributed by atoms with Crippen LogP contribution in [0.1, 0.15) is 25.8 Å². The zero-order chi connectivity index (χ0) is 21.1. The van der Waals surface area contributed by atoms with E-state index in [1.807, 2.05) is 0 Å². The Labute approximate surface area is 172 Å². The van der Waals surface area contributed by atoms with E-state index in [2.05, 4.69) is 16.8 Å². The molecule has 1 aliphatic carbocycles. The fourth-order valence-corrected chi connectivity index (χ4v) is 3.41. The molecule has 1 fully saturated rings. The van der Waals surface area contributed by atoms with Crippen LogP contribution in [-0.2, 0) is 14.3 Å². The van der Waals surface area contributed by atoms with E-state index >= 15 is 0 Å². The number of carbonyl (C=O) groups excluding carboxylic acids is 1. The summed E-state index contributed by atoms with van der Waals surface area (Å²) in [6.45, 7) is 4.65. The largest absolute Gasteiger partial charge is 0.460 e. The molecule has 0 saturated heterocycles. The smallest absolute Gasteiger partial charge is 0.333 e. The van der Waals surface area contributed by atoms with Gasteiger partial charge in [0, 0.05) is 23.4 Å². The summed E-state index contributed by atoms with van der Waals surface area (Å²) in [7, 11) is 0. The van der Waals surface area contributed by atoms with Gasteiger partial charge in [-0.2, -0.15) is 15.0 Å². The first-order chi connectivity index (χ1) is 13.7. The summed E-state index contributed by atoms with van der Waals surface area (Å²) in [6, 6.07) is 4.36. The van der Waals surface area contributed by atoms with Crippen LogP contribution in [-0.4, -0.2) is 73.9 Å². The van der Waals surface area contributed by atoms with E-state index in [0.29, 0.717) is 16.1 Å². The Bertz CT molecular complexity index is 876. The number of hydrogen-bond donors (Lipinski definition) is 3. The molecule has 1 heterocycles. The Hall–Kier alpha value is -2.04. The number of benzene rings is 1. The third-order valence-corrected chi connectivity index (χ3v) is 4.94. The van der Waals surface area contributed by atoms with Crippen LogP contribution in [0.3, 0.4) is 0 Å². The van der Waals surface area contributed by atoms with E-state index in [9.17, 15) is 20.1 Å². The van der Waals surface area contributed by atoms with Crippen LogP contribution in [0.15, 0.2) is 30.4 Å². The van der Waals surface area contributed by atoms with Gasteiger partial charge in [0.1, 0.15) is 29.8 Å². The van der Waals surface area contributed by atoms with Gasteiger partial charge in [0.15, 0.2) is 0 Å². The standard InChI is InChI=1S/C19H24ClN3O6/c1-10(2)19(27)29-9-12(24)8-28-13-6-16(25)18(17(26)7-13)23-21-14-4-3-11(20)5-15(14)22-23/h3-5,12-13,16-18,24-26H,1,6-9H2,2H3. The fraction of sp³-hybridized carbons (Fsp3) is 0.526. The number of hydrogen-bond acceptors (Lipinski definition) is 8. The molecule has 0 amide bonds. The van der Waals surface area contributed by atoms with Crippen molar-refractivity contribution in [1.82, 2.24) is 15.0 Å². The average molecular weight is 426 g/mol. The van der Waals surface area contributed by atoms with Crippen LogP contribution < -0.4 is 0 Å². The number of aromatic nitrogens is 3. The normalized spacial score (nSPS) is 25.7. The maximum absolute atomic E-state index is 11.3. The second-order valence-corrected chi connectivity index (χ2v) is 7.67. The highest BCUT2D eigenvalue weighted by Crippen LogP contribution is 2.31. The number of ether oxygens (including phenoxy) is 2. The number of carbonyl (C=O) groups is 1. The Kier molecular flexibility index (Phi) is 6.86. The van der Waals surface area contributed by atoms with Gasteiger partial charge in [0.25, 0.3) is 0 Å². The maximum Gasteiger partial charge on any atom is 0.333 e. The number of fused-ring (bicyclic) bond motifs is 1. The number of halogens is 1. The van der Waals surface area contributed by atoms with E-state index in [1.165, 1.54) is 11.7 Å². The van der Waals surface area contributed by atoms with Crippen molar-refractivity contribution >= 4 is 28.6 Å². The average Bonchev–Trinajstić information content (AvgIpc) is 3.06. The molecule has 3 rings (SSSR count). The first kappa shape index (κ1) is 21.7. The van der Waals surface area contributed by atoms with Crippen molar-refractivity contribution in [2.45, 2.75) is 50.2 Å². The van der Waals surface area contributed by atoms with Gasteiger partial charge in [-0.25, -0.2) is 4.79 Å². The lowest BCUT2D eigenvalue weighted by atomic mass is 9.88. The maximum atomic E-state index is 11.3. The highest BCUT2D eigenvalue weighted by molar-refractivity contribution is 6.31. The van der Waals surface area contributed by atoms with Gasteiger partial charge >= 0.3 is 5.97 Å². The molecule has 3 N–H and O–H groups in total. The van der Waals surface area contributed by atoms with Crippen molar-refractivity contribution in [3.63, 3.8) is 0 Å². The van der Waals surface area contributed by atoms with E-state index in [1.54, 1.807) is 18.2 Å². The van der Waals surface area contributed by atoms with Crippen molar-refractivity contribution in [3.05, 3.63) is 35.4 Å². The Morgan fingerprint density at radius 3 is 2.59 bits per heavy atom. The SMILES string of the molecule is C=C(C)C(=O)OCC(O)COC1CC(O)C(n2nc3ccc(Cl)cc3n2)C(O)C1. The van der Waals surface area contributed by atoms with Crippen LogP contribution in [0.5, 0.6) is 0 Å². The molecule has 29 heavy (non-hydrogen) atoms. The summed E-state index contributed by atoms with van der Waals surface area (Å²) in [6.07, 6.45) is -2.91. The van der Waals surface area contributed by atoms with Crippen molar-refractivity contribution in [3.8, 4) is 0 Å². The lowest BCUT2D eigenvalue weighted by Crippen LogP contribution is -2.45. The lowest BCUT2D eigenvalue weighted by Gasteiger charge is -2.36. The minimum atomic E-state index is -1.02. The zero-order valence-corrected chi connectivity index (χ0v) is 16.7. The summed E-state index contributed by atoms with van der Waals surface area (Å²) in [5, 5.41) is 40.1. The number of esters is 1. The summed E-state index contributed by atoms with van der Waals surface area (Å²) < 4.78 is 10.4. The second kappa shape index (κ2) is 9.19. The van der Waals surface area contributed by atoms with Crippen LogP contribution in [0, 0.1) is 0 Å². The van der Waals surface area contributed by atoms with Gasteiger partial charge in [0.05, 0.1) is 24.9 Å². The van der Waals surface area contributed by atoms with Gasteiger partial charge in [-0.05, 0) is 25.1 Å². The van der Waals surface area contributed by atoms with E-state index in [4.69, 9.17) is 21.1 Å². The number of aliphatic hydroxyl groups excluding tert-OH is 3. The predicted octanol–water partition coefficient (Wildman–Crippen LogP) is 1.01. The number of rotatable bonds is 7. The second-order valence-electron chi connectivity index (χ2n) is 7.24. The molecule has 3 atom stereocenters. The molecule has 9 nitrogen and oxygen atoms in total. The molecule has 1 aromatic carbocycles. The fourth-order valence-electron chi connectivity index (χ4n) is 3.24. The molecular formula is C19H24ClN3O6. The molecule has 0 radical (unpaired) electrons. The molecule has 1 aromatic heterocycles. The Balaban J connectivity index is 1.55. The van der Waals surface area contributed by atoms with Crippen molar-refractivity contribution in [1.29, 1.82) is 0 Å². The molecule has 158 valence electrons. The number of aliphatic hydroxyl groups is 3. The molecule has 1 aliphatic rings. The lowest BCUT2D eigenvalue weighted by molar-refractivity contribution is -0.145. The quantitative estimate of drug-likeness (QED) is 0.443. The van der Waals surface area contributed by atoms with Gasteiger partial charge in [0.2, 0.25) is 0 Å². The van der Waals surface area contributed by atoms with Crippen LogP contribution in [0.25, 0.3) is 11.0 Å². The third-order valence-electron chi connectivity index (χ3n) is 4.70. The van der Waals surface area contributed by atoms with Crippen molar-refractivity contribution in [2.24, 2.45) is 0 Å². The van der Waals surface area contributed by atoms with Crippen LogP contribution in [0.2, 0.25) is 5.02 Å². The van der Waals surface area contributed by atoms with Gasteiger partial charge in [-0.3, -0.25) is 0 Å². The Morgan fingerprint density at radius 1 is 1.28 bits per heavy atom. The molecule has 2 aromatic rings. The van der Waals surface area contributed by atoms with Crippen LogP contribution in [0.4, 0.5) is 0 Å². The molecule has 0 aliphatic heterocycles. The number of nitrogens with zero attached hydrogens (tertiary/aromatic N) is 3. The Morgan fingerprint density at radius 2 is 1.93 bits per heavy atom. The van der Waals surface area contributed by atoms with E-state index in [0.717, 1.165) is 0 Å². The third kappa shape index (κ3) is 5.31. The van der Waals surface area contributed by atoms with Crippen molar-refractivity contribution in [2.75, 3.05) is 13.2 Å². The molecule has 0 spiro atoms. The van der Waals surface area contributed by atoms with Crippen molar-refractivity contribution < 1.29 is 29.6 Å². The molecule has 1 saturated carbocycles. The molecule has 10 heteroatoms. The van der Waals surface area contributed by atoms with E-state index < -0.39 is 36.4 Å². The minimum absolute atomic E-state index is 0.0966. The van der Waals surface area contributed by atoms with Gasteiger partial charge in [-0.15, -0.1) is 0 Å². The zero-order valence-electron chi connectivity index (χ0n) is 15.9. The van der Waals surface area contributed by atoms with Gasteiger partial charge in [-0.1, -0.05) is 18.2 Å². The van der Waals surface area contributed by atoms with Gasteiger partial charge < -0.3 is 24.8 Å². The molecule has 3 unspecified atom stereocenters. The molecule has 0 bridgehead atoms. The predicted molar refractivity (Wildman–Crippen MR) is 104 cm³/mol. The minimum Gasteiger partial charge on any atom is -0.460 e. The topological polar surface area (TPSA) is 127 Å². The molecular weight excluding hydrogens is 402 g/mol. The highest BCUT2D eigenvalue weighted by Gasteiger charge is 2.39. The first-order valence-electron chi connectivity index (χ1n) is 9.25. The summed E-state index contributed by atoms with van der Waals surface area (Å²) >= 11 is 5.96. The first-order valence-corrected chi connectivity index (χ1v) is 9.63.